The third kappa shape index (κ3) is 3.53. The molecule has 0 N–H and O–H groups in total. The smallest absolute Gasteiger partial charge is 0.310 e. The third-order valence-electron chi connectivity index (χ3n) is 3.93. The van der Waals surface area contributed by atoms with E-state index in [1.54, 1.807) is 0 Å². The van der Waals surface area contributed by atoms with Crippen LogP contribution in [0.15, 0.2) is 33.7 Å². The maximum Gasteiger partial charge on any atom is 0.310 e. The first kappa shape index (κ1) is 15.8. The second-order valence-corrected chi connectivity index (χ2v) is 8.65. The van der Waals surface area contributed by atoms with Crippen molar-refractivity contribution >= 4 is 37.8 Å². The lowest BCUT2D eigenvalue weighted by Crippen LogP contribution is -2.10. The Morgan fingerprint density at radius 1 is 1.40 bits per heavy atom. The highest BCUT2D eigenvalue weighted by Gasteiger charge is 2.61. The summed E-state index contributed by atoms with van der Waals surface area (Å²) >= 11 is 6.71. The summed E-state index contributed by atoms with van der Waals surface area (Å²) in [5.41, 5.74) is 2.18. The molecule has 1 aliphatic carbocycles. The number of aryl methyl sites for hydroxylation is 1. The molecule has 0 aliphatic heterocycles. The summed E-state index contributed by atoms with van der Waals surface area (Å²) in [6.07, 6.45) is 2.03. The molecule has 1 aliphatic rings. The summed E-state index contributed by atoms with van der Waals surface area (Å²) in [6.45, 7) is 6.56. The standard InChI is InChI=1S/C16H18Br2O2/c1-10-5-4-6-11(7-10)9-20-15(19)14-12(8-13(17)18)16(14,2)3/h4-8,12,14H,9H2,1-3H3/t12-,14-/m0/s1. The molecule has 0 spiro atoms. The molecule has 1 saturated carbocycles. The lowest BCUT2D eigenvalue weighted by Gasteiger charge is -2.06. The molecule has 0 amide bonds. The van der Waals surface area contributed by atoms with Gasteiger partial charge in [-0.15, -0.1) is 0 Å². The summed E-state index contributed by atoms with van der Waals surface area (Å²) < 4.78 is 6.34. The van der Waals surface area contributed by atoms with Crippen LogP contribution in [0.3, 0.4) is 0 Å². The first-order chi connectivity index (χ1) is 9.32. The average Bonchev–Trinajstić information content (AvgIpc) is 2.87. The van der Waals surface area contributed by atoms with Gasteiger partial charge in [0, 0.05) is 0 Å². The van der Waals surface area contributed by atoms with Gasteiger partial charge in [0.05, 0.1) is 9.31 Å². The van der Waals surface area contributed by atoms with Gasteiger partial charge in [0.25, 0.3) is 0 Å². The molecule has 0 aromatic heterocycles. The maximum absolute atomic E-state index is 12.2. The summed E-state index contributed by atoms with van der Waals surface area (Å²) in [4.78, 5) is 12.2. The molecule has 108 valence electrons. The van der Waals surface area contributed by atoms with Gasteiger partial charge in [0.15, 0.2) is 0 Å². The van der Waals surface area contributed by atoms with Gasteiger partial charge in [0.2, 0.25) is 0 Å². The largest absolute Gasteiger partial charge is 0.461 e. The first-order valence-corrected chi connectivity index (χ1v) is 8.16. The molecule has 20 heavy (non-hydrogen) atoms. The Balaban J connectivity index is 1.95. The van der Waals surface area contributed by atoms with Gasteiger partial charge in [-0.3, -0.25) is 4.79 Å². The van der Waals surface area contributed by atoms with Gasteiger partial charge < -0.3 is 4.74 Å². The molecule has 0 heterocycles. The van der Waals surface area contributed by atoms with Gasteiger partial charge in [0.1, 0.15) is 6.61 Å². The topological polar surface area (TPSA) is 26.3 Å². The fraction of sp³-hybridized carbons (Fsp3) is 0.438. The van der Waals surface area contributed by atoms with Gasteiger partial charge in [-0.1, -0.05) is 49.8 Å². The highest BCUT2D eigenvalue weighted by atomic mass is 79.9. The van der Waals surface area contributed by atoms with E-state index in [1.807, 2.05) is 37.3 Å². The Morgan fingerprint density at radius 3 is 2.70 bits per heavy atom. The Hall–Kier alpha value is -0.610. The Kier molecular flexibility index (Phi) is 4.75. The predicted molar refractivity (Wildman–Crippen MR) is 87.7 cm³/mol. The van der Waals surface area contributed by atoms with Crippen LogP contribution in [0.1, 0.15) is 25.0 Å². The molecule has 2 rings (SSSR count). The quantitative estimate of drug-likeness (QED) is 0.667. The van der Waals surface area contributed by atoms with E-state index in [4.69, 9.17) is 4.74 Å². The highest BCUT2D eigenvalue weighted by molar-refractivity contribution is 9.28. The van der Waals surface area contributed by atoms with E-state index in [1.165, 1.54) is 5.56 Å². The number of carbonyl (C=O) groups excluding carboxylic acids is 1. The van der Waals surface area contributed by atoms with Crippen LogP contribution in [-0.4, -0.2) is 5.97 Å². The van der Waals surface area contributed by atoms with Crippen molar-refractivity contribution in [3.63, 3.8) is 0 Å². The van der Waals surface area contributed by atoms with Crippen molar-refractivity contribution in [2.75, 3.05) is 0 Å². The average molecular weight is 402 g/mol. The molecule has 2 nitrogen and oxygen atoms in total. The molecule has 4 heteroatoms. The minimum absolute atomic E-state index is 0.0313. The van der Waals surface area contributed by atoms with Crippen molar-refractivity contribution in [1.82, 2.24) is 0 Å². The number of hydrogen-bond donors (Lipinski definition) is 0. The molecule has 0 unspecified atom stereocenters. The van der Waals surface area contributed by atoms with Crippen LogP contribution in [0.5, 0.6) is 0 Å². The van der Waals surface area contributed by atoms with E-state index in [0.29, 0.717) is 6.61 Å². The number of esters is 1. The lowest BCUT2D eigenvalue weighted by molar-refractivity contribution is -0.147. The minimum Gasteiger partial charge on any atom is -0.461 e. The number of rotatable bonds is 4. The van der Waals surface area contributed by atoms with E-state index < -0.39 is 0 Å². The van der Waals surface area contributed by atoms with Crippen LogP contribution in [-0.2, 0) is 16.1 Å². The lowest BCUT2D eigenvalue weighted by atomic mass is 10.1. The van der Waals surface area contributed by atoms with E-state index >= 15 is 0 Å². The van der Waals surface area contributed by atoms with Gasteiger partial charge in [-0.25, -0.2) is 0 Å². The third-order valence-corrected chi connectivity index (χ3v) is 4.46. The van der Waals surface area contributed by atoms with E-state index in [2.05, 4.69) is 45.7 Å². The number of hydrogen-bond acceptors (Lipinski definition) is 2. The minimum atomic E-state index is -0.112. The van der Waals surface area contributed by atoms with Crippen LogP contribution < -0.4 is 0 Å². The second kappa shape index (κ2) is 6.02. The SMILES string of the molecule is Cc1cccc(COC(=O)[C@@H]2[C@H](C=C(Br)Br)C2(C)C)c1. The van der Waals surface area contributed by atoms with E-state index in [9.17, 15) is 4.79 Å². The zero-order valence-electron chi connectivity index (χ0n) is 11.8. The van der Waals surface area contributed by atoms with Crippen molar-refractivity contribution in [3.8, 4) is 0 Å². The van der Waals surface area contributed by atoms with Crippen molar-refractivity contribution in [1.29, 1.82) is 0 Å². The van der Waals surface area contributed by atoms with Crippen LogP contribution in [0, 0.1) is 24.2 Å². The first-order valence-electron chi connectivity index (χ1n) is 6.57. The molecule has 1 aromatic rings. The fourth-order valence-corrected chi connectivity index (χ4v) is 3.19. The monoisotopic (exact) mass is 400 g/mol. The Labute approximate surface area is 136 Å². The van der Waals surface area contributed by atoms with Crippen molar-refractivity contribution in [2.45, 2.75) is 27.4 Å². The van der Waals surface area contributed by atoms with Crippen LogP contribution in [0.2, 0.25) is 0 Å². The second-order valence-electron chi connectivity index (χ2n) is 5.88. The number of ether oxygens (including phenoxy) is 1. The van der Waals surface area contributed by atoms with Gasteiger partial charge in [-0.2, -0.15) is 0 Å². The van der Waals surface area contributed by atoms with Crippen LogP contribution in [0.25, 0.3) is 0 Å². The normalized spacial score (nSPS) is 23.1. The molecule has 0 bridgehead atoms. The van der Waals surface area contributed by atoms with Crippen molar-refractivity contribution in [2.24, 2.45) is 17.3 Å². The van der Waals surface area contributed by atoms with Gasteiger partial charge in [-0.05, 0) is 55.7 Å². The zero-order chi connectivity index (χ0) is 14.9. The summed E-state index contributed by atoms with van der Waals surface area (Å²) in [7, 11) is 0. The Morgan fingerprint density at radius 2 is 2.10 bits per heavy atom. The van der Waals surface area contributed by atoms with E-state index in [0.717, 1.165) is 8.96 Å². The number of carbonyl (C=O) groups is 1. The maximum atomic E-state index is 12.2. The molecular formula is C16H18Br2O2. The molecule has 0 radical (unpaired) electrons. The van der Waals surface area contributed by atoms with Crippen LogP contribution in [0.4, 0.5) is 0 Å². The van der Waals surface area contributed by atoms with E-state index in [-0.39, 0.29) is 23.2 Å². The highest BCUT2D eigenvalue weighted by Crippen LogP contribution is 2.60. The molecule has 1 aromatic carbocycles. The Bertz CT molecular complexity index is 545. The van der Waals surface area contributed by atoms with Crippen LogP contribution >= 0.6 is 31.9 Å². The molecular weight excluding hydrogens is 384 g/mol. The zero-order valence-corrected chi connectivity index (χ0v) is 15.0. The van der Waals surface area contributed by atoms with Crippen molar-refractivity contribution < 1.29 is 9.53 Å². The summed E-state index contributed by atoms with van der Waals surface area (Å²) in [5.74, 6) is 0.0534. The number of halogens is 2. The summed E-state index contributed by atoms with van der Waals surface area (Å²) in [6, 6.07) is 8.03. The predicted octanol–water partition coefficient (Wildman–Crippen LogP) is 4.94. The van der Waals surface area contributed by atoms with Crippen molar-refractivity contribution in [3.05, 3.63) is 44.9 Å². The molecule has 2 atom stereocenters. The molecule has 0 saturated heterocycles. The van der Waals surface area contributed by atoms with Gasteiger partial charge >= 0.3 is 5.97 Å². The fourth-order valence-electron chi connectivity index (χ4n) is 2.62. The number of benzene rings is 1. The molecule has 1 fully saturated rings. The summed E-state index contributed by atoms with van der Waals surface area (Å²) in [5, 5.41) is 0. The number of allylic oxidation sites excluding steroid dienone is 1.